The van der Waals surface area contributed by atoms with Gasteiger partial charge in [-0.05, 0) is 25.2 Å². The summed E-state index contributed by atoms with van der Waals surface area (Å²) in [6.07, 6.45) is 7.17. The molecule has 0 spiro atoms. The van der Waals surface area contributed by atoms with Crippen molar-refractivity contribution in [3.63, 3.8) is 0 Å². The molecular weight excluding hydrogens is 200 g/mol. The predicted octanol–water partition coefficient (Wildman–Crippen LogP) is 3.34. The average Bonchev–Trinajstić information content (AvgIpc) is 2.27. The Hall–Kier alpha value is -0.370. The Kier molecular flexibility index (Phi) is 3.39. The van der Waals surface area contributed by atoms with Gasteiger partial charge in [-0.15, -0.1) is 0 Å². The molecule has 0 aromatic rings. The zero-order chi connectivity index (χ0) is 11.8. The molecule has 4 atom stereocenters. The van der Waals surface area contributed by atoms with Gasteiger partial charge < -0.3 is 4.74 Å². The van der Waals surface area contributed by atoms with Gasteiger partial charge in [0.05, 0.1) is 17.6 Å². The van der Waals surface area contributed by atoms with Crippen LogP contribution in [0, 0.1) is 11.3 Å². The van der Waals surface area contributed by atoms with Crippen LogP contribution < -0.4 is 0 Å². The maximum Gasteiger partial charge on any atom is 0.143 e. The summed E-state index contributed by atoms with van der Waals surface area (Å²) in [4.78, 5) is 11.6. The third-order valence-corrected chi connectivity index (χ3v) is 4.70. The van der Waals surface area contributed by atoms with E-state index in [0.29, 0.717) is 18.3 Å². The number of carbonyl (C=O) groups is 1. The molecule has 0 amide bonds. The number of Topliss-reactive ketones (excluding diaryl/α,β-unsaturated/α-hetero) is 1. The second-order valence-electron chi connectivity index (χ2n) is 5.92. The van der Waals surface area contributed by atoms with Gasteiger partial charge in [0.25, 0.3) is 0 Å². The van der Waals surface area contributed by atoms with Crippen LogP contribution in [-0.2, 0) is 9.53 Å². The molecule has 0 aromatic heterocycles. The van der Waals surface area contributed by atoms with Gasteiger partial charge in [-0.25, -0.2) is 0 Å². The Balaban J connectivity index is 1.88. The fraction of sp³-hybridized carbons (Fsp3) is 0.929. The highest BCUT2D eigenvalue weighted by atomic mass is 16.5. The average molecular weight is 224 g/mol. The van der Waals surface area contributed by atoms with E-state index in [-0.39, 0.29) is 11.5 Å². The number of carbonyl (C=O) groups excluding carboxylic acids is 1. The summed E-state index contributed by atoms with van der Waals surface area (Å²) in [7, 11) is 0. The standard InChI is InChI=1S/C14H24O2/c1-4-14(3)12(15)9-13(14)16-11-7-5-6-10(2)8-11/h10-11,13H,4-9H2,1-3H3. The Labute approximate surface area is 98.7 Å². The van der Waals surface area contributed by atoms with E-state index >= 15 is 0 Å². The lowest BCUT2D eigenvalue weighted by molar-refractivity contribution is -0.173. The molecule has 2 fully saturated rings. The first-order valence-corrected chi connectivity index (χ1v) is 6.75. The highest BCUT2D eigenvalue weighted by Gasteiger charge is 2.51. The van der Waals surface area contributed by atoms with Crippen LogP contribution in [0.2, 0.25) is 0 Å². The van der Waals surface area contributed by atoms with Gasteiger partial charge in [0.15, 0.2) is 0 Å². The van der Waals surface area contributed by atoms with Crippen LogP contribution in [-0.4, -0.2) is 18.0 Å². The van der Waals surface area contributed by atoms with Crippen molar-refractivity contribution in [2.45, 2.75) is 71.5 Å². The monoisotopic (exact) mass is 224 g/mol. The van der Waals surface area contributed by atoms with Crippen molar-refractivity contribution in [3.05, 3.63) is 0 Å². The largest absolute Gasteiger partial charge is 0.373 e. The lowest BCUT2D eigenvalue weighted by Gasteiger charge is -2.46. The number of hydrogen-bond acceptors (Lipinski definition) is 2. The summed E-state index contributed by atoms with van der Waals surface area (Å²) in [5, 5.41) is 0. The molecule has 2 heteroatoms. The first-order chi connectivity index (χ1) is 7.56. The maximum absolute atomic E-state index is 11.6. The zero-order valence-electron chi connectivity index (χ0n) is 10.8. The molecule has 0 bridgehead atoms. The van der Waals surface area contributed by atoms with Crippen LogP contribution in [0.3, 0.4) is 0 Å². The van der Waals surface area contributed by atoms with E-state index in [0.717, 1.165) is 12.3 Å². The van der Waals surface area contributed by atoms with E-state index in [1.165, 1.54) is 25.7 Å². The van der Waals surface area contributed by atoms with E-state index in [4.69, 9.17) is 4.74 Å². The summed E-state index contributed by atoms with van der Waals surface area (Å²) in [5.41, 5.74) is -0.180. The molecule has 0 aliphatic heterocycles. The second-order valence-corrected chi connectivity index (χ2v) is 5.92. The van der Waals surface area contributed by atoms with Crippen molar-refractivity contribution in [2.24, 2.45) is 11.3 Å². The minimum absolute atomic E-state index is 0.180. The molecule has 2 rings (SSSR count). The summed E-state index contributed by atoms with van der Waals surface area (Å²) < 4.78 is 6.15. The predicted molar refractivity (Wildman–Crippen MR) is 64.3 cm³/mol. The van der Waals surface area contributed by atoms with Gasteiger partial charge in [0.1, 0.15) is 5.78 Å². The molecule has 0 saturated heterocycles. The molecule has 2 nitrogen and oxygen atoms in total. The molecule has 2 aliphatic carbocycles. The SMILES string of the molecule is CCC1(C)C(=O)CC1OC1CCCC(C)C1. The topological polar surface area (TPSA) is 26.3 Å². The number of ether oxygens (including phenoxy) is 1. The molecule has 2 aliphatic rings. The second kappa shape index (κ2) is 4.48. The van der Waals surface area contributed by atoms with Gasteiger partial charge in [0.2, 0.25) is 0 Å². The number of rotatable bonds is 3. The smallest absolute Gasteiger partial charge is 0.143 e. The normalized spacial score (nSPS) is 44.2. The lowest BCUT2D eigenvalue weighted by atomic mass is 9.64. The Bertz CT molecular complexity index is 274. The fourth-order valence-corrected chi connectivity index (χ4v) is 3.03. The summed E-state index contributed by atoms with van der Waals surface area (Å²) in [5.74, 6) is 1.19. The van der Waals surface area contributed by atoms with Crippen LogP contribution in [0.4, 0.5) is 0 Å². The van der Waals surface area contributed by atoms with Crippen molar-refractivity contribution in [3.8, 4) is 0 Å². The highest BCUT2D eigenvalue weighted by molar-refractivity contribution is 5.91. The van der Waals surface area contributed by atoms with Crippen molar-refractivity contribution >= 4 is 5.78 Å². The maximum atomic E-state index is 11.6. The lowest BCUT2D eigenvalue weighted by Crippen LogP contribution is -2.54. The van der Waals surface area contributed by atoms with Crippen LogP contribution in [0.15, 0.2) is 0 Å². The fourth-order valence-electron chi connectivity index (χ4n) is 3.03. The van der Waals surface area contributed by atoms with Crippen molar-refractivity contribution < 1.29 is 9.53 Å². The number of hydrogen-bond donors (Lipinski definition) is 0. The van der Waals surface area contributed by atoms with Gasteiger partial charge in [-0.3, -0.25) is 4.79 Å². The first-order valence-electron chi connectivity index (χ1n) is 6.75. The number of ketones is 1. The van der Waals surface area contributed by atoms with Crippen molar-refractivity contribution in [1.29, 1.82) is 0 Å². The van der Waals surface area contributed by atoms with Gasteiger partial charge in [0, 0.05) is 6.42 Å². The van der Waals surface area contributed by atoms with E-state index < -0.39 is 0 Å². The summed E-state index contributed by atoms with van der Waals surface area (Å²) >= 11 is 0. The molecule has 92 valence electrons. The third kappa shape index (κ3) is 2.04. The van der Waals surface area contributed by atoms with Crippen LogP contribution in [0.1, 0.15) is 59.3 Å². The molecule has 16 heavy (non-hydrogen) atoms. The van der Waals surface area contributed by atoms with E-state index in [9.17, 15) is 4.79 Å². The van der Waals surface area contributed by atoms with Crippen molar-refractivity contribution in [2.75, 3.05) is 0 Å². The van der Waals surface area contributed by atoms with E-state index in [2.05, 4.69) is 20.8 Å². The Morgan fingerprint density at radius 3 is 2.75 bits per heavy atom. The molecule has 0 radical (unpaired) electrons. The minimum atomic E-state index is -0.180. The summed E-state index contributed by atoms with van der Waals surface area (Å²) in [6.45, 7) is 6.47. The minimum Gasteiger partial charge on any atom is -0.373 e. The zero-order valence-corrected chi connectivity index (χ0v) is 10.8. The first kappa shape index (κ1) is 12.1. The molecular formula is C14H24O2. The quantitative estimate of drug-likeness (QED) is 0.735. The molecule has 4 unspecified atom stereocenters. The summed E-state index contributed by atoms with van der Waals surface area (Å²) in [6, 6.07) is 0. The van der Waals surface area contributed by atoms with E-state index in [1.807, 2.05) is 0 Å². The Morgan fingerprint density at radius 2 is 2.19 bits per heavy atom. The highest BCUT2D eigenvalue weighted by Crippen LogP contribution is 2.44. The van der Waals surface area contributed by atoms with Gasteiger partial charge in [-0.2, -0.15) is 0 Å². The van der Waals surface area contributed by atoms with Gasteiger partial charge in [-0.1, -0.05) is 33.6 Å². The Morgan fingerprint density at radius 1 is 1.44 bits per heavy atom. The van der Waals surface area contributed by atoms with Crippen molar-refractivity contribution in [1.82, 2.24) is 0 Å². The van der Waals surface area contributed by atoms with Crippen LogP contribution in [0.25, 0.3) is 0 Å². The molecule has 2 saturated carbocycles. The molecule has 0 aromatic carbocycles. The van der Waals surface area contributed by atoms with Crippen LogP contribution in [0.5, 0.6) is 0 Å². The third-order valence-electron chi connectivity index (χ3n) is 4.70. The van der Waals surface area contributed by atoms with E-state index in [1.54, 1.807) is 0 Å². The molecule has 0 heterocycles. The van der Waals surface area contributed by atoms with Crippen LogP contribution >= 0.6 is 0 Å². The van der Waals surface area contributed by atoms with Gasteiger partial charge >= 0.3 is 0 Å². The molecule has 0 N–H and O–H groups in total.